The molecule has 4 aromatic rings. The third-order valence-corrected chi connectivity index (χ3v) is 4.05. The van der Waals surface area contributed by atoms with Crippen LogP contribution < -0.4 is 5.32 Å². The standard InChI is InChI=1S/C20H16N4O/c25-20(23-16-9-6-12-21-13-16)19(15-7-2-1-3-8-15)24-14-22-17-10-4-5-11-18(17)24/h1-14,19H,(H,23,25)/t19-/m1/s1. The number of imidazole rings is 1. The van der Waals surface area contributed by atoms with E-state index in [1.54, 1.807) is 24.8 Å². The molecule has 0 saturated heterocycles. The number of carbonyl (C=O) groups is 1. The molecule has 4 rings (SSSR count). The number of anilines is 1. The Kier molecular flexibility index (Phi) is 3.96. The predicted molar refractivity (Wildman–Crippen MR) is 97.2 cm³/mol. The Labute approximate surface area is 145 Å². The van der Waals surface area contributed by atoms with Gasteiger partial charge >= 0.3 is 0 Å². The number of rotatable bonds is 4. The lowest BCUT2D eigenvalue weighted by Gasteiger charge is -2.19. The fourth-order valence-corrected chi connectivity index (χ4v) is 2.90. The fraction of sp³-hybridized carbons (Fsp3) is 0.0500. The number of nitrogens with zero attached hydrogens (tertiary/aromatic N) is 3. The molecule has 0 aliphatic heterocycles. The summed E-state index contributed by atoms with van der Waals surface area (Å²) in [5.41, 5.74) is 3.33. The monoisotopic (exact) mass is 328 g/mol. The lowest BCUT2D eigenvalue weighted by Crippen LogP contribution is -2.26. The van der Waals surface area contributed by atoms with E-state index in [2.05, 4.69) is 15.3 Å². The first-order valence-corrected chi connectivity index (χ1v) is 8.00. The SMILES string of the molecule is O=C(Nc1cccnc1)[C@@H](c1ccccc1)n1cnc2ccccc21. The van der Waals surface area contributed by atoms with E-state index in [9.17, 15) is 4.79 Å². The minimum atomic E-state index is -0.520. The highest BCUT2D eigenvalue weighted by molar-refractivity contribution is 5.96. The second-order valence-corrected chi connectivity index (χ2v) is 5.68. The quantitative estimate of drug-likeness (QED) is 0.622. The van der Waals surface area contributed by atoms with Gasteiger partial charge in [0.1, 0.15) is 6.04 Å². The molecule has 0 radical (unpaired) electrons. The smallest absolute Gasteiger partial charge is 0.252 e. The van der Waals surface area contributed by atoms with Crippen molar-refractivity contribution in [1.82, 2.24) is 14.5 Å². The van der Waals surface area contributed by atoms with Crippen LogP contribution in [0.15, 0.2) is 85.5 Å². The van der Waals surface area contributed by atoms with Crippen molar-refractivity contribution in [2.45, 2.75) is 6.04 Å². The molecule has 0 aliphatic rings. The Bertz CT molecular complexity index is 996. The molecule has 5 nitrogen and oxygen atoms in total. The van der Waals surface area contributed by atoms with Crippen molar-refractivity contribution < 1.29 is 4.79 Å². The second-order valence-electron chi connectivity index (χ2n) is 5.68. The van der Waals surface area contributed by atoms with Gasteiger partial charge in [-0.1, -0.05) is 42.5 Å². The lowest BCUT2D eigenvalue weighted by atomic mass is 10.1. The predicted octanol–water partition coefficient (Wildman–Crippen LogP) is 3.66. The molecule has 0 bridgehead atoms. The van der Waals surface area contributed by atoms with Crippen LogP contribution in [0.3, 0.4) is 0 Å². The number of amides is 1. The molecule has 1 atom stereocenters. The van der Waals surface area contributed by atoms with E-state index in [4.69, 9.17) is 0 Å². The van der Waals surface area contributed by atoms with Crippen molar-refractivity contribution in [1.29, 1.82) is 0 Å². The van der Waals surface area contributed by atoms with Gasteiger partial charge in [0.15, 0.2) is 0 Å². The van der Waals surface area contributed by atoms with Crippen LogP contribution in [0.1, 0.15) is 11.6 Å². The largest absolute Gasteiger partial charge is 0.323 e. The Morgan fingerprint density at radius 2 is 1.76 bits per heavy atom. The molecule has 122 valence electrons. The van der Waals surface area contributed by atoms with Crippen molar-refractivity contribution in [2.24, 2.45) is 0 Å². The summed E-state index contributed by atoms with van der Waals surface area (Å²) in [6.07, 6.45) is 5.02. The fourth-order valence-electron chi connectivity index (χ4n) is 2.90. The zero-order valence-electron chi connectivity index (χ0n) is 13.4. The highest BCUT2D eigenvalue weighted by Gasteiger charge is 2.24. The summed E-state index contributed by atoms with van der Waals surface area (Å²) in [5.74, 6) is -0.137. The van der Waals surface area contributed by atoms with Crippen molar-refractivity contribution in [2.75, 3.05) is 5.32 Å². The van der Waals surface area contributed by atoms with E-state index in [-0.39, 0.29) is 5.91 Å². The van der Waals surface area contributed by atoms with Crippen molar-refractivity contribution in [3.8, 4) is 0 Å². The van der Waals surface area contributed by atoms with Crippen LogP contribution >= 0.6 is 0 Å². The van der Waals surface area contributed by atoms with E-state index in [1.807, 2.05) is 65.2 Å². The van der Waals surface area contributed by atoms with Crippen LogP contribution in [-0.4, -0.2) is 20.4 Å². The van der Waals surface area contributed by atoms with E-state index in [0.717, 1.165) is 16.6 Å². The summed E-state index contributed by atoms with van der Waals surface area (Å²) >= 11 is 0. The highest BCUT2D eigenvalue weighted by Crippen LogP contribution is 2.25. The van der Waals surface area contributed by atoms with Gasteiger partial charge in [0.25, 0.3) is 5.91 Å². The Hall–Kier alpha value is -3.47. The Balaban J connectivity index is 1.78. The molecule has 0 saturated carbocycles. The molecule has 2 heterocycles. The topological polar surface area (TPSA) is 59.8 Å². The van der Waals surface area contributed by atoms with Crippen molar-refractivity contribution >= 4 is 22.6 Å². The van der Waals surface area contributed by atoms with E-state index in [1.165, 1.54) is 0 Å². The van der Waals surface area contributed by atoms with Gasteiger partial charge in [-0.15, -0.1) is 0 Å². The van der Waals surface area contributed by atoms with Crippen LogP contribution in [0, 0.1) is 0 Å². The average molecular weight is 328 g/mol. The number of nitrogens with one attached hydrogen (secondary N) is 1. The maximum Gasteiger partial charge on any atom is 0.252 e. The van der Waals surface area contributed by atoms with E-state index in [0.29, 0.717) is 5.69 Å². The van der Waals surface area contributed by atoms with Crippen LogP contribution in [-0.2, 0) is 4.79 Å². The van der Waals surface area contributed by atoms with Gasteiger partial charge in [0, 0.05) is 6.20 Å². The summed E-state index contributed by atoms with van der Waals surface area (Å²) < 4.78 is 1.90. The third-order valence-electron chi connectivity index (χ3n) is 4.05. The van der Waals surface area contributed by atoms with Gasteiger partial charge in [0.2, 0.25) is 0 Å². The van der Waals surface area contributed by atoms with Crippen LogP contribution in [0.4, 0.5) is 5.69 Å². The number of aromatic nitrogens is 3. The maximum absolute atomic E-state index is 13.1. The minimum Gasteiger partial charge on any atom is -0.323 e. The van der Waals surface area contributed by atoms with Gasteiger partial charge in [-0.05, 0) is 29.8 Å². The van der Waals surface area contributed by atoms with Crippen molar-refractivity contribution in [3.63, 3.8) is 0 Å². The van der Waals surface area contributed by atoms with Gasteiger partial charge < -0.3 is 9.88 Å². The number of para-hydroxylation sites is 2. The molecular weight excluding hydrogens is 312 g/mol. The summed E-state index contributed by atoms with van der Waals surface area (Å²) in [7, 11) is 0. The lowest BCUT2D eigenvalue weighted by molar-refractivity contribution is -0.118. The molecule has 5 heteroatoms. The summed E-state index contributed by atoms with van der Waals surface area (Å²) in [4.78, 5) is 21.5. The zero-order chi connectivity index (χ0) is 17.1. The zero-order valence-corrected chi connectivity index (χ0v) is 13.4. The number of pyridine rings is 1. The van der Waals surface area contributed by atoms with E-state index < -0.39 is 6.04 Å². The van der Waals surface area contributed by atoms with Crippen LogP contribution in [0.25, 0.3) is 11.0 Å². The normalized spacial score (nSPS) is 12.0. The number of carbonyl (C=O) groups excluding carboxylic acids is 1. The molecular formula is C20H16N4O. The minimum absolute atomic E-state index is 0.137. The molecule has 2 aromatic heterocycles. The first-order chi connectivity index (χ1) is 12.3. The van der Waals surface area contributed by atoms with Gasteiger partial charge in [0.05, 0.1) is 29.2 Å². The number of hydrogen-bond acceptors (Lipinski definition) is 3. The van der Waals surface area contributed by atoms with Gasteiger partial charge in [-0.2, -0.15) is 0 Å². The molecule has 1 amide bonds. The molecule has 1 N–H and O–H groups in total. The van der Waals surface area contributed by atoms with E-state index >= 15 is 0 Å². The Morgan fingerprint density at radius 1 is 0.960 bits per heavy atom. The summed E-state index contributed by atoms with van der Waals surface area (Å²) in [6, 6.07) is 20.6. The van der Waals surface area contributed by atoms with Gasteiger partial charge in [-0.25, -0.2) is 4.98 Å². The average Bonchev–Trinajstić information content (AvgIpc) is 3.08. The summed E-state index contributed by atoms with van der Waals surface area (Å²) in [5, 5.41) is 2.94. The first-order valence-electron chi connectivity index (χ1n) is 8.00. The number of fused-ring (bicyclic) bond motifs is 1. The molecule has 0 fully saturated rings. The first kappa shape index (κ1) is 15.1. The number of hydrogen-bond donors (Lipinski definition) is 1. The molecule has 25 heavy (non-hydrogen) atoms. The number of benzene rings is 2. The molecule has 0 unspecified atom stereocenters. The second kappa shape index (κ2) is 6.57. The van der Waals surface area contributed by atoms with Crippen LogP contribution in [0.2, 0.25) is 0 Å². The maximum atomic E-state index is 13.1. The highest BCUT2D eigenvalue weighted by atomic mass is 16.2. The van der Waals surface area contributed by atoms with Gasteiger partial charge in [-0.3, -0.25) is 9.78 Å². The molecule has 0 aliphatic carbocycles. The summed E-state index contributed by atoms with van der Waals surface area (Å²) in [6.45, 7) is 0. The Morgan fingerprint density at radius 3 is 2.56 bits per heavy atom. The molecule has 2 aromatic carbocycles. The van der Waals surface area contributed by atoms with Crippen molar-refractivity contribution in [3.05, 3.63) is 91.0 Å². The van der Waals surface area contributed by atoms with Crippen LogP contribution in [0.5, 0.6) is 0 Å². The molecule has 0 spiro atoms. The third kappa shape index (κ3) is 2.99.